The fraction of sp³-hybridized carbons (Fsp3) is 0.615. The third-order valence-electron chi connectivity index (χ3n) is 3.50. The number of carbonyl (C=O) groups is 1. The normalized spacial score (nSPS) is 17.4. The van der Waals surface area contributed by atoms with Crippen LogP contribution in [-0.2, 0) is 18.3 Å². The quantitative estimate of drug-likeness (QED) is 0.773. The monoisotopic (exact) mass is 235 g/mol. The molecular weight excluding hydrogens is 214 g/mol. The Hall–Kier alpha value is -1.29. The fourth-order valence-electron chi connectivity index (χ4n) is 2.21. The maximum atomic E-state index is 12.0. The van der Waals surface area contributed by atoms with Crippen molar-refractivity contribution in [1.82, 2.24) is 14.4 Å². The van der Waals surface area contributed by atoms with Crippen molar-refractivity contribution in [1.29, 1.82) is 0 Å². The number of aryl methyl sites for hydroxylation is 2. The van der Waals surface area contributed by atoms with Crippen molar-refractivity contribution >= 4 is 5.91 Å². The second-order valence-electron chi connectivity index (χ2n) is 4.79. The number of piperazine rings is 1. The Kier molecular flexibility index (Phi) is 3.84. The van der Waals surface area contributed by atoms with E-state index >= 15 is 0 Å². The summed E-state index contributed by atoms with van der Waals surface area (Å²) < 4.78 is 2.08. The number of amides is 1. The van der Waals surface area contributed by atoms with Gasteiger partial charge in [0.15, 0.2) is 0 Å². The third-order valence-corrected chi connectivity index (χ3v) is 3.50. The molecule has 1 aliphatic rings. The Morgan fingerprint density at radius 2 is 1.94 bits per heavy atom. The lowest BCUT2D eigenvalue weighted by Gasteiger charge is -2.32. The molecule has 17 heavy (non-hydrogen) atoms. The molecule has 2 heterocycles. The minimum atomic E-state index is 0.291. The predicted molar refractivity (Wildman–Crippen MR) is 67.8 cm³/mol. The van der Waals surface area contributed by atoms with Gasteiger partial charge in [0.05, 0.1) is 0 Å². The van der Waals surface area contributed by atoms with Gasteiger partial charge in [0.1, 0.15) is 0 Å². The number of nitrogens with zero attached hydrogens (tertiary/aromatic N) is 3. The van der Waals surface area contributed by atoms with E-state index in [4.69, 9.17) is 0 Å². The summed E-state index contributed by atoms with van der Waals surface area (Å²) in [6, 6.07) is 4.10. The van der Waals surface area contributed by atoms with Crippen molar-refractivity contribution in [3.8, 4) is 0 Å². The average molecular weight is 235 g/mol. The van der Waals surface area contributed by atoms with Gasteiger partial charge in [0.25, 0.3) is 0 Å². The molecule has 1 aromatic rings. The van der Waals surface area contributed by atoms with E-state index in [0.29, 0.717) is 12.3 Å². The van der Waals surface area contributed by atoms with Gasteiger partial charge in [-0.1, -0.05) is 0 Å². The molecule has 1 saturated heterocycles. The molecule has 4 nitrogen and oxygen atoms in total. The number of likely N-dealkylation sites (N-methyl/N-ethyl adjacent to an activating group) is 1. The summed E-state index contributed by atoms with van der Waals surface area (Å²) >= 11 is 0. The van der Waals surface area contributed by atoms with Crippen LogP contribution in [0.25, 0.3) is 0 Å². The van der Waals surface area contributed by atoms with Crippen LogP contribution in [0.3, 0.4) is 0 Å². The van der Waals surface area contributed by atoms with Crippen LogP contribution in [0.1, 0.15) is 12.1 Å². The van der Waals surface area contributed by atoms with Gasteiger partial charge in [-0.2, -0.15) is 0 Å². The lowest BCUT2D eigenvalue weighted by Crippen LogP contribution is -2.47. The second-order valence-corrected chi connectivity index (χ2v) is 4.79. The Bertz CT molecular complexity index is 378. The van der Waals surface area contributed by atoms with Crippen LogP contribution in [0.5, 0.6) is 0 Å². The zero-order chi connectivity index (χ0) is 12.3. The zero-order valence-electron chi connectivity index (χ0n) is 10.7. The standard InChI is InChI=1S/C13H21N3O/c1-14-8-10-16(11-9-14)13(17)6-5-12-4-3-7-15(12)2/h3-4,7H,5-6,8-11H2,1-2H3. The molecule has 0 unspecified atom stereocenters. The molecule has 0 bridgehead atoms. The maximum Gasteiger partial charge on any atom is 0.223 e. The van der Waals surface area contributed by atoms with Crippen LogP contribution in [0.15, 0.2) is 18.3 Å². The highest BCUT2D eigenvalue weighted by Crippen LogP contribution is 2.07. The van der Waals surface area contributed by atoms with E-state index in [1.807, 2.05) is 24.2 Å². The number of hydrogen-bond acceptors (Lipinski definition) is 2. The van der Waals surface area contributed by atoms with E-state index in [-0.39, 0.29) is 0 Å². The molecule has 0 atom stereocenters. The molecule has 1 aromatic heterocycles. The first-order chi connectivity index (χ1) is 8.16. The first-order valence-electron chi connectivity index (χ1n) is 6.23. The van der Waals surface area contributed by atoms with E-state index in [1.165, 1.54) is 5.69 Å². The summed E-state index contributed by atoms with van der Waals surface area (Å²) in [6.45, 7) is 3.75. The maximum absolute atomic E-state index is 12.0. The zero-order valence-corrected chi connectivity index (χ0v) is 10.7. The number of rotatable bonds is 3. The van der Waals surface area contributed by atoms with Crippen LogP contribution in [0.2, 0.25) is 0 Å². The number of aromatic nitrogens is 1. The first-order valence-corrected chi connectivity index (χ1v) is 6.23. The minimum absolute atomic E-state index is 0.291. The van der Waals surface area contributed by atoms with Gasteiger partial charge in [-0.05, 0) is 25.6 Å². The summed E-state index contributed by atoms with van der Waals surface area (Å²) in [5.74, 6) is 0.291. The molecule has 4 heteroatoms. The Labute approximate surface area is 103 Å². The lowest BCUT2D eigenvalue weighted by molar-refractivity contribution is -0.132. The molecule has 0 aromatic carbocycles. The van der Waals surface area contributed by atoms with Crippen LogP contribution in [0.4, 0.5) is 0 Å². The highest BCUT2D eigenvalue weighted by molar-refractivity contribution is 5.76. The fourth-order valence-corrected chi connectivity index (χ4v) is 2.21. The smallest absolute Gasteiger partial charge is 0.223 e. The van der Waals surface area contributed by atoms with Crippen LogP contribution in [-0.4, -0.2) is 53.5 Å². The van der Waals surface area contributed by atoms with Crippen LogP contribution >= 0.6 is 0 Å². The van der Waals surface area contributed by atoms with Gasteiger partial charge in [0, 0.05) is 51.5 Å². The largest absolute Gasteiger partial charge is 0.354 e. The first kappa shape index (κ1) is 12.2. The third kappa shape index (κ3) is 3.09. The van der Waals surface area contributed by atoms with Gasteiger partial charge in [-0.15, -0.1) is 0 Å². The van der Waals surface area contributed by atoms with E-state index < -0.39 is 0 Å². The summed E-state index contributed by atoms with van der Waals surface area (Å²) in [6.07, 6.45) is 3.49. The molecule has 0 aliphatic carbocycles. The summed E-state index contributed by atoms with van der Waals surface area (Å²) in [4.78, 5) is 16.3. The molecule has 0 spiro atoms. The number of hydrogen-bond donors (Lipinski definition) is 0. The van der Waals surface area contributed by atoms with E-state index in [2.05, 4.69) is 22.6 Å². The molecule has 0 radical (unpaired) electrons. The Morgan fingerprint density at radius 3 is 2.53 bits per heavy atom. The Balaban J connectivity index is 1.80. The minimum Gasteiger partial charge on any atom is -0.354 e. The molecule has 94 valence electrons. The molecular formula is C13H21N3O. The van der Waals surface area contributed by atoms with Crippen LogP contribution < -0.4 is 0 Å². The van der Waals surface area contributed by atoms with Gasteiger partial charge in [-0.3, -0.25) is 4.79 Å². The molecule has 1 aliphatic heterocycles. The molecule has 0 N–H and O–H groups in total. The highest BCUT2D eigenvalue weighted by Gasteiger charge is 2.18. The lowest BCUT2D eigenvalue weighted by atomic mass is 10.2. The van der Waals surface area contributed by atoms with E-state index in [1.54, 1.807) is 0 Å². The van der Waals surface area contributed by atoms with Crippen molar-refractivity contribution in [2.24, 2.45) is 7.05 Å². The molecule has 1 amide bonds. The van der Waals surface area contributed by atoms with Gasteiger partial charge < -0.3 is 14.4 Å². The predicted octanol–water partition coefficient (Wildman–Crippen LogP) is 0.732. The highest BCUT2D eigenvalue weighted by atomic mass is 16.2. The van der Waals surface area contributed by atoms with E-state index in [9.17, 15) is 4.79 Å². The van der Waals surface area contributed by atoms with E-state index in [0.717, 1.165) is 32.6 Å². The summed E-state index contributed by atoms with van der Waals surface area (Å²) in [5, 5.41) is 0. The SMILES string of the molecule is CN1CCN(C(=O)CCc2cccn2C)CC1. The molecule has 0 saturated carbocycles. The van der Waals surface area contributed by atoms with Crippen molar-refractivity contribution < 1.29 is 4.79 Å². The van der Waals surface area contributed by atoms with Crippen molar-refractivity contribution in [3.63, 3.8) is 0 Å². The summed E-state index contributed by atoms with van der Waals surface area (Å²) in [5.41, 5.74) is 1.23. The molecule has 1 fully saturated rings. The van der Waals surface area contributed by atoms with Crippen LogP contribution in [0, 0.1) is 0 Å². The second kappa shape index (κ2) is 5.36. The number of carbonyl (C=O) groups excluding carboxylic acids is 1. The average Bonchev–Trinajstić information content (AvgIpc) is 2.73. The Morgan fingerprint density at radius 1 is 1.24 bits per heavy atom. The van der Waals surface area contributed by atoms with Crippen molar-refractivity contribution in [3.05, 3.63) is 24.0 Å². The topological polar surface area (TPSA) is 28.5 Å². The van der Waals surface area contributed by atoms with Gasteiger partial charge in [0.2, 0.25) is 5.91 Å². The summed E-state index contributed by atoms with van der Waals surface area (Å²) in [7, 11) is 4.13. The van der Waals surface area contributed by atoms with Crippen molar-refractivity contribution in [2.75, 3.05) is 33.2 Å². The van der Waals surface area contributed by atoms with Crippen molar-refractivity contribution in [2.45, 2.75) is 12.8 Å². The van der Waals surface area contributed by atoms with Gasteiger partial charge in [-0.25, -0.2) is 0 Å². The van der Waals surface area contributed by atoms with Gasteiger partial charge >= 0.3 is 0 Å². The molecule has 2 rings (SSSR count).